The molecule has 0 aliphatic rings. The minimum atomic E-state index is -0.159. The highest BCUT2D eigenvalue weighted by Gasteiger charge is 2.19. The molecule has 1 aromatic carbocycles. The Labute approximate surface area is 161 Å². The van der Waals surface area contributed by atoms with Gasteiger partial charge in [0, 0.05) is 6.20 Å². The van der Waals surface area contributed by atoms with Crippen molar-refractivity contribution in [3.8, 4) is 10.6 Å². The first-order valence-electron chi connectivity index (χ1n) is 8.91. The molecule has 1 amide bonds. The number of aromatic nitrogens is 3. The topological polar surface area (TPSA) is 59.3 Å². The highest BCUT2D eigenvalue weighted by atomic mass is 32.1. The number of nitrogens with one attached hydrogen (secondary N) is 1. The number of fused-ring (bicyclic) bond motifs is 1. The molecule has 1 atom stereocenters. The Balaban J connectivity index is 1.65. The molecule has 4 aromatic rings. The standard InChI is InChI=1S/C21H20N4OS/c1-3-17(15-8-6-14(2)7-9-15)24-21(26)16-13-23-25-18(10-11-22-20(16)25)19-5-4-12-27-19/h4-13,17H,3H2,1-2H3,(H,24,26). The Morgan fingerprint density at radius 3 is 2.74 bits per heavy atom. The Bertz CT molecular complexity index is 1070. The van der Waals surface area contributed by atoms with Crippen LogP contribution in [0.5, 0.6) is 0 Å². The first-order valence-corrected chi connectivity index (χ1v) is 9.79. The van der Waals surface area contributed by atoms with Crippen molar-refractivity contribution in [2.45, 2.75) is 26.3 Å². The average molecular weight is 376 g/mol. The number of hydrogen-bond acceptors (Lipinski definition) is 4. The number of thiophene rings is 1. The van der Waals surface area contributed by atoms with Gasteiger partial charge in [0.05, 0.1) is 22.8 Å². The van der Waals surface area contributed by atoms with Crippen LogP contribution in [0.2, 0.25) is 0 Å². The largest absolute Gasteiger partial charge is 0.345 e. The van der Waals surface area contributed by atoms with Crippen LogP contribution in [0.15, 0.2) is 60.2 Å². The molecule has 0 fully saturated rings. The second kappa shape index (κ2) is 7.32. The van der Waals surface area contributed by atoms with Crippen LogP contribution in [0, 0.1) is 6.92 Å². The zero-order valence-corrected chi connectivity index (χ0v) is 16.0. The van der Waals surface area contributed by atoms with E-state index in [1.807, 2.05) is 23.6 Å². The third kappa shape index (κ3) is 3.36. The van der Waals surface area contributed by atoms with E-state index in [9.17, 15) is 4.79 Å². The number of aryl methyl sites for hydroxylation is 1. The number of amides is 1. The van der Waals surface area contributed by atoms with E-state index in [4.69, 9.17) is 0 Å². The van der Waals surface area contributed by atoms with Gasteiger partial charge in [0.15, 0.2) is 5.65 Å². The third-order valence-corrected chi connectivity index (χ3v) is 5.51. The lowest BCUT2D eigenvalue weighted by atomic mass is 10.0. The summed E-state index contributed by atoms with van der Waals surface area (Å²) in [7, 11) is 0. The van der Waals surface area contributed by atoms with E-state index in [0.717, 1.165) is 22.6 Å². The monoisotopic (exact) mass is 376 g/mol. The van der Waals surface area contributed by atoms with Gasteiger partial charge in [0.2, 0.25) is 0 Å². The molecule has 0 aliphatic heterocycles. The lowest BCUT2D eigenvalue weighted by molar-refractivity contribution is 0.0937. The van der Waals surface area contributed by atoms with E-state index in [1.54, 1.807) is 28.2 Å². The SMILES string of the molecule is CCC(NC(=O)c1cnn2c(-c3cccs3)ccnc12)c1ccc(C)cc1. The smallest absolute Gasteiger partial charge is 0.257 e. The van der Waals surface area contributed by atoms with Crippen LogP contribution in [0.25, 0.3) is 16.2 Å². The molecule has 0 spiro atoms. The van der Waals surface area contributed by atoms with Crippen LogP contribution >= 0.6 is 11.3 Å². The molecule has 0 saturated heterocycles. The van der Waals surface area contributed by atoms with Gasteiger partial charge in [-0.2, -0.15) is 5.10 Å². The van der Waals surface area contributed by atoms with Crippen LogP contribution in [0.4, 0.5) is 0 Å². The molecule has 0 aliphatic carbocycles. The highest BCUT2D eigenvalue weighted by molar-refractivity contribution is 7.13. The number of carbonyl (C=O) groups is 1. The number of hydrogen-bond donors (Lipinski definition) is 1. The molecule has 0 bridgehead atoms. The van der Waals surface area contributed by atoms with E-state index in [1.165, 1.54) is 5.56 Å². The van der Waals surface area contributed by atoms with Crippen LogP contribution < -0.4 is 5.32 Å². The Hall–Kier alpha value is -2.99. The van der Waals surface area contributed by atoms with E-state index in [0.29, 0.717) is 11.2 Å². The number of carbonyl (C=O) groups excluding carboxylic acids is 1. The van der Waals surface area contributed by atoms with Gasteiger partial charge in [-0.3, -0.25) is 4.79 Å². The summed E-state index contributed by atoms with van der Waals surface area (Å²) in [6.45, 7) is 4.12. The van der Waals surface area contributed by atoms with E-state index in [-0.39, 0.29) is 11.9 Å². The Morgan fingerprint density at radius 1 is 1.22 bits per heavy atom. The molecule has 3 aromatic heterocycles. The quantitative estimate of drug-likeness (QED) is 0.552. The predicted octanol–water partition coefficient (Wildman–Crippen LogP) is 4.65. The second-order valence-corrected chi connectivity index (χ2v) is 7.39. The molecule has 1 N–H and O–H groups in total. The fourth-order valence-corrected chi connectivity index (χ4v) is 3.85. The van der Waals surface area contributed by atoms with Crippen molar-refractivity contribution >= 4 is 22.9 Å². The maximum Gasteiger partial charge on any atom is 0.257 e. The normalized spacial score (nSPS) is 12.2. The Kier molecular flexibility index (Phi) is 4.73. The van der Waals surface area contributed by atoms with Crippen molar-refractivity contribution in [1.82, 2.24) is 19.9 Å². The fourth-order valence-electron chi connectivity index (χ4n) is 3.12. The first-order chi connectivity index (χ1) is 13.2. The van der Waals surface area contributed by atoms with Crippen LogP contribution in [-0.4, -0.2) is 20.5 Å². The van der Waals surface area contributed by atoms with Crippen molar-refractivity contribution in [3.05, 3.63) is 76.9 Å². The zero-order chi connectivity index (χ0) is 18.8. The summed E-state index contributed by atoms with van der Waals surface area (Å²) in [4.78, 5) is 18.4. The minimum Gasteiger partial charge on any atom is -0.345 e. The zero-order valence-electron chi connectivity index (χ0n) is 15.2. The molecule has 1 unspecified atom stereocenters. The van der Waals surface area contributed by atoms with Gasteiger partial charge in [-0.25, -0.2) is 9.50 Å². The second-order valence-electron chi connectivity index (χ2n) is 6.45. The number of benzene rings is 1. The molecule has 4 rings (SSSR count). The van der Waals surface area contributed by atoms with Gasteiger partial charge in [-0.1, -0.05) is 42.8 Å². The maximum absolute atomic E-state index is 12.9. The lowest BCUT2D eigenvalue weighted by Gasteiger charge is -2.17. The molecule has 3 heterocycles. The maximum atomic E-state index is 12.9. The Morgan fingerprint density at radius 2 is 2.04 bits per heavy atom. The van der Waals surface area contributed by atoms with Gasteiger partial charge >= 0.3 is 0 Å². The summed E-state index contributed by atoms with van der Waals surface area (Å²) in [6.07, 6.45) is 4.12. The average Bonchev–Trinajstić information content (AvgIpc) is 3.36. The van der Waals surface area contributed by atoms with Crippen LogP contribution in [0.3, 0.4) is 0 Å². The highest BCUT2D eigenvalue weighted by Crippen LogP contribution is 2.25. The number of nitrogens with zero attached hydrogens (tertiary/aromatic N) is 3. The van der Waals surface area contributed by atoms with E-state index >= 15 is 0 Å². The third-order valence-electron chi connectivity index (χ3n) is 4.61. The molecule has 27 heavy (non-hydrogen) atoms. The molecule has 136 valence electrons. The molecule has 0 radical (unpaired) electrons. The molecule has 6 heteroatoms. The van der Waals surface area contributed by atoms with E-state index in [2.05, 4.69) is 53.5 Å². The summed E-state index contributed by atoms with van der Waals surface area (Å²) in [6, 6.07) is 14.1. The summed E-state index contributed by atoms with van der Waals surface area (Å²) >= 11 is 1.63. The van der Waals surface area contributed by atoms with Crippen molar-refractivity contribution in [3.63, 3.8) is 0 Å². The van der Waals surface area contributed by atoms with Gasteiger partial charge in [0.25, 0.3) is 5.91 Å². The summed E-state index contributed by atoms with van der Waals surface area (Å²) in [5.41, 5.74) is 4.28. The lowest BCUT2D eigenvalue weighted by Crippen LogP contribution is -2.28. The molecular weight excluding hydrogens is 356 g/mol. The molecule has 0 saturated carbocycles. The van der Waals surface area contributed by atoms with Crippen molar-refractivity contribution in [1.29, 1.82) is 0 Å². The van der Waals surface area contributed by atoms with Gasteiger partial charge in [0.1, 0.15) is 5.56 Å². The van der Waals surface area contributed by atoms with Gasteiger partial charge in [-0.05, 0) is 36.4 Å². The number of rotatable bonds is 5. The van der Waals surface area contributed by atoms with Gasteiger partial charge < -0.3 is 5.32 Å². The van der Waals surface area contributed by atoms with Crippen LogP contribution in [0.1, 0.15) is 40.9 Å². The van der Waals surface area contributed by atoms with Crippen LogP contribution in [-0.2, 0) is 0 Å². The summed E-state index contributed by atoms with van der Waals surface area (Å²) in [5.74, 6) is -0.159. The van der Waals surface area contributed by atoms with Crippen molar-refractivity contribution < 1.29 is 4.79 Å². The van der Waals surface area contributed by atoms with E-state index < -0.39 is 0 Å². The summed E-state index contributed by atoms with van der Waals surface area (Å²) < 4.78 is 1.73. The minimum absolute atomic E-state index is 0.0477. The summed E-state index contributed by atoms with van der Waals surface area (Å²) in [5, 5.41) is 9.55. The first kappa shape index (κ1) is 17.4. The van der Waals surface area contributed by atoms with Crippen molar-refractivity contribution in [2.75, 3.05) is 0 Å². The fraction of sp³-hybridized carbons (Fsp3) is 0.190. The van der Waals surface area contributed by atoms with Gasteiger partial charge in [-0.15, -0.1) is 11.3 Å². The van der Waals surface area contributed by atoms with Crippen molar-refractivity contribution in [2.24, 2.45) is 0 Å². The molecule has 5 nitrogen and oxygen atoms in total. The predicted molar refractivity (Wildman–Crippen MR) is 108 cm³/mol. The molecular formula is C21H20N4OS.